The summed E-state index contributed by atoms with van der Waals surface area (Å²) in [6.45, 7) is 5.60. The summed E-state index contributed by atoms with van der Waals surface area (Å²) in [5, 5.41) is 12.9. The van der Waals surface area contributed by atoms with Gasteiger partial charge in [0.15, 0.2) is 0 Å². The van der Waals surface area contributed by atoms with Crippen LogP contribution in [0.1, 0.15) is 37.8 Å². The minimum Gasteiger partial charge on any atom is -0.394 e. The Balaban J connectivity index is 1.44. The smallest absolute Gasteiger partial charge is 0.229 e. The Bertz CT molecular complexity index is 1110. The molecule has 0 atom stereocenters. The molecular weight excluding hydrogens is 391 g/mol. The van der Waals surface area contributed by atoms with E-state index in [1.165, 1.54) is 24.5 Å². The average molecular weight is 419 g/mol. The van der Waals surface area contributed by atoms with Crippen LogP contribution in [0.5, 0.6) is 0 Å². The van der Waals surface area contributed by atoms with Gasteiger partial charge in [0.1, 0.15) is 5.82 Å². The van der Waals surface area contributed by atoms with E-state index in [1.807, 2.05) is 19.9 Å². The lowest BCUT2D eigenvalue weighted by Crippen LogP contribution is -2.42. The van der Waals surface area contributed by atoms with Gasteiger partial charge in [0.25, 0.3) is 0 Å². The predicted molar refractivity (Wildman–Crippen MR) is 120 cm³/mol. The molecule has 1 fully saturated rings. The SMILES string of the molecule is CC(C)(CO)NCc1ccc2c(c1)N(c1ncc(-c3ccccc3F)cn1)CC21CC1. The Hall–Kier alpha value is -2.83. The molecule has 1 aliphatic carbocycles. The molecule has 1 saturated carbocycles. The molecule has 31 heavy (non-hydrogen) atoms. The summed E-state index contributed by atoms with van der Waals surface area (Å²) >= 11 is 0. The lowest BCUT2D eigenvalue weighted by atomic mass is 9.97. The number of aliphatic hydroxyl groups is 1. The third-order valence-electron chi connectivity index (χ3n) is 6.47. The molecule has 5 rings (SSSR count). The molecule has 0 unspecified atom stereocenters. The van der Waals surface area contributed by atoms with Crippen LogP contribution in [0.4, 0.5) is 16.0 Å². The largest absolute Gasteiger partial charge is 0.394 e. The summed E-state index contributed by atoms with van der Waals surface area (Å²) in [5.74, 6) is 0.371. The number of nitrogens with zero attached hydrogens (tertiary/aromatic N) is 3. The van der Waals surface area contributed by atoms with Gasteiger partial charge in [-0.2, -0.15) is 0 Å². The fraction of sp³-hybridized carbons (Fsp3) is 0.360. The molecule has 2 aliphatic rings. The Morgan fingerprint density at radius 3 is 2.55 bits per heavy atom. The number of aliphatic hydroxyl groups excluding tert-OH is 1. The first-order valence-corrected chi connectivity index (χ1v) is 10.7. The zero-order valence-corrected chi connectivity index (χ0v) is 17.9. The maximum Gasteiger partial charge on any atom is 0.229 e. The van der Waals surface area contributed by atoms with E-state index >= 15 is 0 Å². The van der Waals surface area contributed by atoms with Crippen molar-refractivity contribution >= 4 is 11.6 Å². The van der Waals surface area contributed by atoms with Crippen molar-refractivity contribution in [1.29, 1.82) is 0 Å². The predicted octanol–water partition coefficient (Wildman–Crippen LogP) is 4.33. The number of rotatable bonds is 6. The van der Waals surface area contributed by atoms with Crippen molar-refractivity contribution in [2.75, 3.05) is 18.1 Å². The van der Waals surface area contributed by atoms with E-state index in [-0.39, 0.29) is 23.4 Å². The van der Waals surface area contributed by atoms with Gasteiger partial charge in [0, 0.05) is 53.3 Å². The van der Waals surface area contributed by atoms with E-state index in [4.69, 9.17) is 0 Å². The van der Waals surface area contributed by atoms with Gasteiger partial charge in [0.2, 0.25) is 5.95 Å². The van der Waals surface area contributed by atoms with E-state index in [0.717, 1.165) is 17.8 Å². The van der Waals surface area contributed by atoms with E-state index in [1.54, 1.807) is 24.5 Å². The minimum absolute atomic E-state index is 0.0787. The van der Waals surface area contributed by atoms with E-state index < -0.39 is 0 Å². The lowest BCUT2D eigenvalue weighted by molar-refractivity contribution is 0.187. The Kier molecular flexibility index (Phi) is 4.79. The van der Waals surface area contributed by atoms with Crippen molar-refractivity contribution in [3.05, 3.63) is 71.8 Å². The first kappa shape index (κ1) is 20.1. The Morgan fingerprint density at radius 2 is 1.87 bits per heavy atom. The van der Waals surface area contributed by atoms with Crippen molar-refractivity contribution in [3.63, 3.8) is 0 Å². The highest BCUT2D eigenvalue weighted by Crippen LogP contribution is 2.57. The van der Waals surface area contributed by atoms with Gasteiger partial charge in [0.05, 0.1) is 6.61 Å². The molecule has 2 heterocycles. The second kappa shape index (κ2) is 7.39. The molecule has 0 saturated heterocycles. The van der Waals surface area contributed by atoms with Crippen LogP contribution in [0, 0.1) is 5.82 Å². The van der Waals surface area contributed by atoms with Crippen molar-refractivity contribution in [3.8, 4) is 11.1 Å². The lowest BCUT2D eigenvalue weighted by Gasteiger charge is -2.24. The van der Waals surface area contributed by atoms with Gasteiger partial charge >= 0.3 is 0 Å². The Morgan fingerprint density at radius 1 is 1.13 bits per heavy atom. The summed E-state index contributed by atoms with van der Waals surface area (Å²) < 4.78 is 14.1. The molecule has 2 aromatic carbocycles. The molecular formula is C25H27FN4O. The second-order valence-electron chi connectivity index (χ2n) is 9.37. The molecule has 0 bridgehead atoms. The molecule has 1 aromatic heterocycles. The number of benzene rings is 2. The van der Waals surface area contributed by atoms with E-state index in [2.05, 4.69) is 38.4 Å². The highest BCUT2D eigenvalue weighted by Gasteiger charge is 2.52. The van der Waals surface area contributed by atoms with Gasteiger partial charge in [-0.25, -0.2) is 14.4 Å². The summed E-state index contributed by atoms with van der Waals surface area (Å²) in [7, 11) is 0. The van der Waals surface area contributed by atoms with E-state index in [9.17, 15) is 9.50 Å². The van der Waals surface area contributed by atoms with Crippen molar-refractivity contribution < 1.29 is 9.50 Å². The molecule has 0 amide bonds. The molecule has 0 radical (unpaired) electrons. The quantitative estimate of drug-likeness (QED) is 0.624. The summed E-state index contributed by atoms with van der Waals surface area (Å²) in [6.07, 6.45) is 5.76. The Labute approximate surface area is 182 Å². The first-order valence-electron chi connectivity index (χ1n) is 10.7. The topological polar surface area (TPSA) is 61.3 Å². The molecule has 1 spiro atoms. The number of aromatic nitrogens is 2. The third kappa shape index (κ3) is 3.70. The van der Waals surface area contributed by atoms with Crippen molar-refractivity contribution in [2.45, 2.75) is 44.2 Å². The molecule has 3 aromatic rings. The summed E-state index contributed by atoms with van der Waals surface area (Å²) in [6, 6.07) is 13.3. The standard InChI is InChI=1S/C25H27FN4O/c1-24(2,16-31)29-12-17-7-8-20-22(11-17)30(15-25(20)9-10-25)23-27-13-18(14-28-23)19-5-3-4-6-21(19)26/h3-8,11,13-14,29,31H,9-10,12,15-16H2,1-2H3. The fourth-order valence-electron chi connectivity index (χ4n) is 4.28. The number of hydrogen-bond acceptors (Lipinski definition) is 5. The molecule has 1 aliphatic heterocycles. The zero-order chi connectivity index (χ0) is 21.6. The number of fused-ring (bicyclic) bond motifs is 2. The minimum atomic E-state index is -0.331. The van der Waals surface area contributed by atoms with Crippen LogP contribution in [0.2, 0.25) is 0 Å². The molecule has 6 heteroatoms. The van der Waals surface area contributed by atoms with Crippen LogP contribution in [-0.2, 0) is 12.0 Å². The van der Waals surface area contributed by atoms with E-state index in [0.29, 0.717) is 23.6 Å². The molecule has 160 valence electrons. The van der Waals surface area contributed by atoms with Gasteiger partial charge in [-0.1, -0.05) is 30.3 Å². The third-order valence-corrected chi connectivity index (χ3v) is 6.47. The van der Waals surface area contributed by atoms with Crippen LogP contribution in [0.3, 0.4) is 0 Å². The maximum atomic E-state index is 14.1. The average Bonchev–Trinajstić information content (AvgIpc) is 3.50. The second-order valence-corrected chi connectivity index (χ2v) is 9.37. The van der Waals surface area contributed by atoms with Crippen LogP contribution in [0.25, 0.3) is 11.1 Å². The van der Waals surface area contributed by atoms with Gasteiger partial charge in [-0.05, 0) is 49.9 Å². The molecule has 2 N–H and O–H groups in total. The van der Waals surface area contributed by atoms with Gasteiger partial charge < -0.3 is 15.3 Å². The molecule has 5 nitrogen and oxygen atoms in total. The van der Waals surface area contributed by atoms with Crippen LogP contribution in [-0.4, -0.2) is 33.8 Å². The number of halogens is 1. The van der Waals surface area contributed by atoms with Crippen LogP contribution < -0.4 is 10.2 Å². The summed E-state index contributed by atoms with van der Waals surface area (Å²) in [5.41, 5.74) is 4.73. The van der Waals surface area contributed by atoms with Crippen molar-refractivity contribution in [1.82, 2.24) is 15.3 Å². The number of nitrogens with one attached hydrogen (secondary N) is 1. The highest BCUT2D eigenvalue weighted by atomic mass is 19.1. The number of anilines is 2. The zero-order valence-electron chi connectivity index (χ0n) is 17.9. The van der Waals surface area contributed by atoms with Crippen molar-refractivity contribution in [2.24, 2.45) is 0 Å². The van der Waals surface area contributed by atoms with Crippen LogP contribution in [0.15, 0.2) is 54.9 Å². The van der Waals surface area contributed by atoms with Gasteiger partial charge in [-0.3, -0.25) is 0 Å². The summed E-state index contributed by atoms with van der Waals surface area (Å²) in [4.78, 5) is 11.4. The first-order chi connectivity index (χ1) is 14.9. The fourth-order valence-corrected chi connectivity index (χ4v) is 4.28. The number of hydrogen-bond donors (Lipinski definition) is 2. The monoisotopic (exact) mass is 418 g/mol. The maximum absolute atomic E-state index is 14.1. The highest BCUT2D eigenvalue weighted by molar-refractivity contribution is 5.72. The van der Waals surface area contributed by atoms with Gasteiger partial charge in [-0.15, -0.1) is 0 Å². The normalized spacial score (nSPS) is 16.6. The van der Waals surface area contributed by atoms with Crippen LogP contribution >= 0.6 is 0 Å².